The monoisotopic (exact) mass is 399 g/mol. The van der Waals surface area contributed by atoms with Gasteiger partial charge in [-0.25, -0.2) is 8.42 Å². The first kappa shape index (κ1) is 21.5. The largest absolute Gasteiger partial charge is 0.324 e. The van der Waals surface area contributed by atoms with Crippen LogP contribution >= 0.6 is 0 Å². The Hall–Kier alpha value is -2.85. The number of sulfonamides is 1. The average molecular weight is 400 g/mol. The highest BCUT2D eigenvalue weighted by Crippen LogP contribution is 2.28. The van der Waals surface area contributed by atoms with Gasteiger partial charge >= 0.3 is 0 Å². The summed E-state index contributed by atoms with van der Waals surface area (Å²) in [7, 11) is -3.68. The van der Waals surface area contributed by atoms with E-state index in [1.807, 2.05) is 26.0 Å². The Kier molecular flexibility index (Phi) is 6.81. The van der Waals surface area contributed by atoms with Crippen molar-refractivity contribution in [3.63, 3.8) is 0 Å². The third-order valence-electron chi connectivity index (χ3n) is 4.44. The van der Waals surface area contributed by atoms with Gasteiger partial charge in [0, 0.05) is 5.69 Å². The summed E-state index contributed by atoms with van der Waals surface area (Å²) in [6.45, 7) is 5.49. The van der Waals surface area contributed by atoms with E-state index in [9.17, 15) is 13.2 Å². The molecule has 6 nitrogen and oxygen atoms in total. The van der Waals surface area contributed by atoms with Gasteiger partial charge in [0.15, 0.2) is 0 Å². The molecule has 0 heterocycles. The number of hydrogen-bond acceptors (Lipinski definition) is 4. The molecule has 0 aliphatic heterocycles. The minimum atomic E-state index is -3.68. The Labute approximate surface area is 166 Å². The van der Waals surface area contributed by atoms with Gasteiger partial charge in [0.25, 0.3) is 0 Å². The molecule has 2 aromatic carbocycles. The Morgan fingerprint density at radius 1 is 1.18 bits per heavy atom. The second-order valence-corrected chi connectivity index (χ2v) is 8.65. The molecule has 0 fully saturated rings. The molecule has 0 spiro atoms. The van der Waals surface area contributed by atoms with Crippen LogP contribution in [-0.4, -0.2) is 26.6 Å². The lowest BCUT2D eigenvalue weighted by atomic mass is 10.1. The summed E-state index contributed by atoms with van der Waals surface area (Å²) in [4.78, 5) is 12.9. The van der Waals surface area contributed by atoms with Crippen molar-refractivity contribution in [3.8, 4) is 6.07 Å². The summed E-state index contributed by atoms with van der Waals surface area (Å²) < 4.78 is 26.4. The van der Waals surface area contributed by atoms with Crippen LogP contribution in [0.25, 0.3) is 0 Å². The molecule has 0 unspecified atom stereocenters. The van der Waals surface area contributed by atoms with Crippen LogP contribution in [0.5, 0.6) is 0 Å². The lowest BCUT2D eigenvalue weighted by Crippen LogP contribution is -2.47. The number of anilines is 2. The molecule has 0 radical (unpaired) electrons. The van der Waals surface area contributed by atoms with E-state index in [0.29, 0.717) is 24.2 Å². The first-order valence-electron chi connectivity index (χ1n) is 9.00. The number of rotatable bonds is 7. The van der Waals surface area contributed by atoms with E-state index in [2.05, 4.69) is 11.4 Å². The summed E-state index contributed by atoms with van der Waals surface area (Å²) in [6, 6.07) is 13.7. The summed E-state index contributed by atoms with van der Waals surface area (Å²) in [5.74, 6) is -0.401. The van der Waals surface area contributed by atoms with Gasteiger partial charge in [-0.3, -0.25) is 9.10 Å². The SMILES string of the molecule is CC[C@@H](C(=O)Nc1ccc(CC#N)cc1)N(c1cc(C)ccc1C)S(C)(=O)=O. The van der Waals surface area contributed by atoms with Crippen LogP contribution < -0.4 is 9.62 Å². The molecule has 1 atom stereocenters. The maximum absolute atomic E-state index is 12.9. The third kappa shape index (κ3) is 5.11. The van der Waals surface area contributed by atoms with Gasteiger partial charge in [0.05, 0.1) is 24.4 Å². The standard InChI is InChI=1S/C21H25N3O3S/c1-5-19(21(25)23-18-10-8-17(9-11-18)12-13-22)24(28(4,26)27)20-14-15(2)6-7-16(20)3/h6-11,14,19H,5,12H2,1-4H3,(H,23,25)/t19-/m0/s1. The van der Waals surface area contributed by atoms with Gasteiger partial charge in [-0.15, -0.1) is 0 Å². The van der Waals surface area contributed by atoms with E-state index >= 15 is 0 Å². The van der Waals surface area contributed by atoms with Gasteiger partial charge in [-0.05, 0) is 55.2 Å². The second-order valence-electron chi connectivity index (χ2n) is 6.79. The second kappa shape index (κ2) is 8.89. The molecular formula is C21H25N3O3S. The highest BCUT2D eigenvalue weighted by atomic mass is 32.2. The molecule has 0 saturated carbocycles. The zero-order chi connectivity index (χ0) is 20.9. The van der Waals surface area contributed by atoms with Gasteiger partial charge in [0.2, 0.25) is 15.9 Å². The van der Waals surface area contributed by atoms with Crippen molar-refractivity contribution in [1.29, 1.82) is 5.26 Å². The molecule has 0 aliphatic carbocycles. The van der Waals surface area contributed by atoms with Crippen LogP contribution in [-0.2, 0) is 21.2 Å². The van der Waals surface area contributed by atoms with Crippen LogP contribution in [0.15, 0.2) is 42.5 Å². The Morgan fingerprint density at radius 3 is 2.36 bits per heavy atom. The van der Waals surface area contributed by atoms with E-state index in [4.69, 9.17) is 5.26 Å². The van der Waals surface area contributed by atoms with E-state index in [1.165, 1.54) is 4.31 Å². The summed E-state index contributed by atoms with van der Waals surface area (Å²) in [6.07, 6.45) is 1.72. The molecule has 28 heavy (non-hydrogen) atoms. The van der Waals surface area contributed by atoms with E-state index in [-0.39, 0.29) is 0 Å². The molecule has 0 aliphatic rings. The van der Waals surface area contributed by atoms with Gasteiger partial charge in [0.1, 0.15) is 6.04 Å². The average Bonchev–Trinajstić information content (AvgIpc) is 2.62. The van der Waals surface area contributed by atoms with Crippen LogP contribution in [0.1, 0.15) is 30.0 Å². The lowest BCUT2D eigenvalue weighted by Gasteiger charge is -2.31. The Morgan fingerprint density at radius 2 is 1.82 bits per heavy atom. The van der Waals surface area contributed by atoms with Crippen molar-refractivity contribution in [3.05, 3.63) is 59.2 Å². The molecule has 0 bridgehead atoms. The predicted octanol–water partition coefficient (Wildman–Crippen LogP) is 3.55. The van der Waals surface area contributed by atoms with Gasteiger partial charge in [-0.2, -0.15) is 5.26 Å². The zero-order valence-corrected chi connectivity index (χ0v) is 17.4. The van der Waals surface area contributed by atoms with Gasteiger partial charge in [-0.1, -0.05) is 31.2 Å². The smallest absolute Gasteiger partial charge is 0.248 e. The van der Waals surface area contributed by atoms with Crippen LogP contribution in [0, 0.1) is 25.2 Å². The fourth-order valence-electron chi connectivity index (χ4n) is 3.02. The number of nitriles is 1. The highest BCUT2D eigenvalue weighted by molar-refractivity contribution is 7.92. The summed E-state index contributed by atoms with van der Waals surface area (Å²) >= 11 is 0. The molecule has 0 saturated heterocycles. The number of nitrogens with zero attached hydrogens (tertiary/aromatic N) is 2. The van der Waals surface area contributed by atoms with Crippen molar-refractivity contribution >= 4 is 27.3 Å². The molecule has 0 aromatic heterocycles. The van der Waals surface area contributed by atoms with Crippen LogP contribution in [0.4, 0.5) is 11.4 Å². The third-order valence-corrected chi connectivity index (χ3v) is 5.60. The first-order chi connectivity index (χ1) is 13.2. The quantitative estimate of drug-likeness (QED) is 0.771. The summed E-state index contributed by atoms with van der Waals surface area (Å²) in [5.41, 5.74) is 3.61. The maximum atomic E-state index is 12.9. The predicted molar refractivity (Wildman–Crippen MR) is 112 cm³/mol. The lowest BCUT2D eigenvalue weighted by molar-refractivity contribution is -0.117. The van der Waals surface area contributed by atoms with E-state index < -0.39 is 22.0 Å². The Bertz CT molecular complexity index is 993. The fourth-order valence-corrected chi connectivity index (χ4v) is 4.28. The van der Waals surface area contributed by atoms with Crippen molar-refractivity contribution in [2.75, 3.05) is 15.9 Å². The van der Waals surface area contributed by atoms with Crippen molar-refractivity contribution in [2.24, 2.45) is 0 Å². The van der Waals surface area contributed by atoms with Crippen LogP contribution in [0.2, 0.25) is 0 Å². The molecule has 7 heteroatoms. The number of nitrogens with one attached hydrogen (secondary N) is 1. The molecule has 1 amide bonds. The minimum Gasteiger partial charge on any atom is -0.324 e. The first-order valence-corrected chi connectivity index (χ1v) is 10.9. The fraction of sp³-hybridized carbons (Fsp3) is 0.333. The summed E-state index contributed by atoms with van der Waals surface area (Å²) in [5, 5.41) is 11.5. The van der Waals surface area contributed by atoms with Gasteiger partial charge < -0.3 is 5.32 Å². The normalized spacial score (nSPS) is 12.1. The van der Waals surface area contributed by atoms with E-state index in [1.54, 1.807) is 37.3 Å². The molecule has 2 aromatic rings. The van der Waals surface area contributed by atoms with Crippen LogP contribution in [0.3, 0.4) is 0 Å². The molecule has 2 rings (SSSR count). The number of carbonyl (C=O) groups is 1. The maximum Gasteiger partial charge on any atom is 0.248 e. The number of carbonyl (C=O) groups excluding carboxylic acids is 1. The topological polar surface area (TPSA) is 90.3 Å². The number of benzene rings is 2. The Balaban J connectivity index is 2.36. The zero-order valence-electron chi connectivity index (χ0n) is 16.6. The minimum absolute atomic E-state index is 0.292. The number of hydrogen-bond donors (Lipinski definition) is 1. The van der Waals surface area contributed by atoms with Crippen molar-refractivity contribution in [1.82, 2.24) is 0 Å². The number of amides is 1. The van der Waals surface area contributed by atoms with Crippen molar-refractivity contribution in [2.45, 2.75) is 39.7 Å². The molecule has 148 valence electrons. The number of aryl methyl sites for hydroxylation is 2. The van der Waals surface area contributed by atoms with Crippen molar-refractivity contribution < 1.29 is 13.2 Å². The molecular weight excluding hydrogens is 374 g/mol. The highest BCUT2D eigenvalue weighted by Gasteiger charge is 2.32. The van der Waals surface area contributed by atoms with E-state index in [0.717, 1.165) is 22.9 Å². The molecule has 1 N–H and O–H groups in total.